The Labute approximate surface area is 143 Å². The highest BCUT2D eigenvalue weighted by molar-refractivity contribution is 8.00. The third-order valence-corrected chi connectivity index (χ3v) is 6.04. The van der Waals surface area contributed by atoms with Crippen molar-refractivity contribution in [2.75, 3.05) is 10.5 Å². The number of hydrogen-bond acceptors (Lipinski definition) is 4. The molecule has 1 atom stereocenters. The summed E-state index contributed by atoms with van der Waals surface area (Å²) in [6, 6.07) is 12.9. The van der Waals surface area contributed by atoms with Crippen LogP contribution in [-0.2, 0) is 14.8 Å². The number of benzene rings is 2. The van der Waals surface area contributed by atoms with E-state index in [0.717, 1.165) is 5.56 Å². The van der Waals surface area contributed by atoms with Crippen LogP contribution in [0.2, 0.25) is 5.02 Å². The van der Waals surface area contributed by atoms with Crippen molar-refractivity contribution in [1.82, 2.24) is 5.32 Å². The first-order chi connectivity index (χ1) is 10.9. The number of hydrogen-bond donors (Lipinski definition) is 2. The predicted octanol–water partition coefficient (Wildman–Crippen LogP) is 3.00. The van der Waals surface area contributed by atoms with Gasteiger partial charge in [0.25, 0.3) is 10.0 Å². The van der Waals surface area contributed by atoms with Gasteiger partial charge in [-0.15, -0.1) is 11.8 Å². The molecule has 0 aromatic heterocycles. The molecule has 5 nitrogen and oxygen atoms in total. The van der Waals surface area contributed by atoms with Gasteiger partial charge in [0.1, 0.15) is 5.37 Å². The molecule has 1 amide bonds. The van der Waals surface area contributed by atoms with E-state index in [9.17, 15) is 13.2 Å². The van der Waals surface area contributed by atoms with Crippen LogP contribution in [-0.4, -0.2) is 20.1 Å². The zero-order chi connectivity index (χ0) is 16.4. The number of thioether (sulfide) groups is 1. The zero-order valence-electron chi connectivity index (χ0n) is 11.8. The van der Waals surface area contributed by atoms with Gasteiger partial charge in [0.2, 0.25) is 5.91 Å². The number of anilines is 1. The zero-order valence-corrected chi connectivity index (χ0v) is 14.2. The summed E-state index contributed by atoms with van der Waals surface area (Å²) < 4.78 is 27.3. The van der Waals surface area contributed by atoms with Crippen molar-refractivity contribution in [3.63, 3.8) is 0 Å². The lowest BCUT2D eigenvalue weighted by Gasteiger charge is -2.13. The summed E-state index contributed by atoms with van der Waals surface area (Å²) in [6.45, 7) is 0. The minimum Gasteiger partial charge on any atom is -0.339 e. The normalized spacial score (nSPS) is 17.8. The average molecular weight is 369 g/mol. The molecule has 0 bridgehead atoms. The van der Waals surface area contributed by atoms with E-state index < -0.39 is 10.0 Å². The highest BCUT2D eigenvalue weighted by atomic mass is 35.5. The van der Waals surface area contributed by atoms with Crippen molar-refractivity contribution in [2.24, 2.45) is 0 Å². The Bertz CT molecular complexity index is 838. The summed E-state index contributed by atoms with van der Waals surface area (Å²) in [7, 11) is -3.68. The standard InChI is InChI=1S/C15H13ClN2O3S2/c16-11-4-6-13(7-5-11)23(20,21)18-12-3-1-2-10(8-12)15-17-14(19)9-22-15/h1-8,15,18H,9H2,(H,17,19)/t15-/m0/s1. The second kappa shape index (κ2) is 6.43. The molecule has 2 aromatic rings. The fraction of sp³-hybridized carbons (Fsp3) is 0.133. The second-order valence-electron chi connectivity index (χ2n) is 4.94. The maximum atomic E-state index is 12.4. The monoisotopic (exact) mass is 368 g/mol. The van der Waals surface area contributed by atoms with Gasteiger partial charge in [0.05, 0.1) is 10.6 Å². The smallest absolute Gasteiger partial charge is 0.261 e. The van der Waals surface area contributed by atoms with Gasteiger partial charge in [-0.25, -0.2) is 8.42 Å². The third kappa shape index (κ3) is 3.80. The molecule has 3 rings (SSSR count). The summed E-state index contributed by atoms with van der Waals surface area (Å²) in [5.74, 6) is 0.387. The molecular weight excluding hydrogens is 356 g/mol. The highest BCUT2D eigenvalue weighted by Gasteiger charge is 2.23. The Kier molecular flexibility index (Phi) is 4.52. The Balaban J connectivity index is 1.82. The molecule has 0 unspecified atom stereocenters. The summed E-state index contributed by atoms with van der Waals surface area (Å²) in [5, 5.41) is 3.15. The van der Waals surface area contributed by atoms with E-state index in [0.29, 0.717) is 16.5 Å². The summed E-state index contributed by atoms with van der Waals surface area (Å²) in [5.41, 5.74) is 1.29. The molecule has 0 aliphatic carbocycles. The first kappa shape index (κ1) is 16.2. The summed E-state index contributed by atoms with van der Waals surface area (Å²) in [4.78, 5) is 11.4. The number of halogens is 1. The van der Waals surface area contributed by atoms with Gasteiger partial charge in [-0.05, 0) is 42.0 Å². The van der Waals surface area contributed by atoms with Crippen molar-refractivity contribution in [2.45, 2.75) is 10.3 Å². The van der Waals surface area contributed by atoms with Gasteiger partial charge in [-0.2, -0.15) is 0 Å². The van der Waals surface area contributed by atoms with Gasteiger partial charge in [-0.3, -0.25) is 9.52 Å². The van der Waals surface area contributed by atoms with E-state index in [1.54, 1.807) is 18.2 Å². The maximum absolute atomic E-state index is 12.4. The van der Waals surface area contributed by atoms with Crippen LogP contribution in [0.15, 0.2) is 53.4 Å². The van der Waals surface area contributed by atoms with Gasteiger partial charge < -0.3 is 5.32 Å². The third-order valence-electron chi connectivity index (χ3n) is 3.24. The number of carbonyl (C=O) groups excluding carboxylic acids is 1. The van der Waals surface area contributed by atoms with Crippen molar-refractivity contribution < 1.29 is 13.2 Å². The molecule has 1 fully saturated rings. The van der Waals surface area contributed by atoms with Crippen LogP contribution in [0, 0.1) is 0 Å². The summed E-state index contributed by atoms with van der Waals surface area (Å²) in [6.07, 6.45) is 0. The van der Waals surface area contributed by atoms with Crippen LogP contribution < -0.4 is 10.0 Å². The van der Waals surface area contributed by atoms with E-state index in [1.807, 2.05) is 6.07 Å². The average Bonchev–Trinajstić information content (AvgIpc) is 2.94. The van der Waals surface area contributed by atoms with Crippen LogP contribution >= 0.6 is 23.4 Å². The van der Waals surface area contributed by atoms with Gasteiger partial charge in [-0.1, -0.05) is 23.7 Å². The Morgan fingerprint density at radius 1 is 1.17 bits per heavy atom. The number of amides is 1. The second-order valence-corrected chi connectivity index (χ2v) is 8.16. The fourth-order valence-corrected chi connectivity index (χ4v) is 4.29. The van der Waals surface area contributed by atoms with E-state index in [2.05, 4.69) is 10.0 Å². The molecule has 2 aromatic carbocycles. The molecule has 2 N–H and O–H groups in total. The van der Waals surface area contributed by atoms with Crippen LogP contribution in [0.1, 0.15) is 10.9 Å². The largest absolute Gasteiger partial charge is 0.339 e. The fourth-order valence-electron chi connectivity index (χ4n) is 2.16. The predicted molar refractivity (Wildman–Crippen MR) is 92.0 cm³/mol. The lowest BCUT2D eigenvalue weighted by atomic mass is 10.2. The molecule has 8 heteroatoms. The Morgan fingerprint density at radius 3 is 2.57 bits per heavy atom. The first-order valence-electron chi connectivity index (χ1n) is 6.73. The van der Waals surface area contributed by atoms with Gasteiger partial charge >= 0.3 is 0 Å². The Hall–Kier alpha value is -1.70. The topological polar surface area (TPSA) is 75.3 Å². The lowest BCUT2D eigenvalue weighted by molar-refractivity contribution is -0.118. The van der Waals surface area contributed by atoms with E-state index in [-0.39, 0.29) is 16.2 Å². The molecule has 0 saturated carbocycles. The van der Waals surface area contributed by atoms with E-state index in [4.69, 9.17) is 11.6 Å². The highest BCUT2D eigenvalue weighted by Crippen LogP contribution is 2.32. The quantitative estimate of drug-likeness (QED) is 0.869. The van der Waals surface area contributed by atoms with Crippen molar-refractivity contribution in [3.05, 3.63) is 59.1 Å². The molecule has 1 heterocycles. The van der Waals surface area contributed by atoms with Crippen molar-refractivity contribution >= 4 is 45.0 Å². The van der Waals surface area contributed by atoms with E-state index in [1.165, 1.54) is 36.0 Å². The molecule has 1 saturated heterocycles. The van der Waals surface area contributed by atoms with Crippen LogP contribution in [0.5, 0.6) is 0 Å². The number of sulfonamides is 1. The minimum atomic E-state index is -3.68. The number of nitrogens with one attached hydrogen (secondary N) is 2. The Morgan fingerprint density at radius 2 is 1.91 bits per heavy atom. The minimum absolute atomic E-state index is 0.0212. The van der Waals surface area contributed by atoms with Crippen LogP contribution in [0.4, 0.5) is 5.69 Å². The molecular formula is C15H13ClN2O3S2. The number of carbonyl (C=O) groups is 1. The van der Waals surface area contributed by atoms with Crippen molar-refractivity contribution in [1.29, 1.82) is 0 Å². The molecule has 23 heavy (non-hydrogen) atoms. The van der Waals surface area contributed by atoms with Crippen molar-refractivity contribution in [3.8, 4) is 0 Å². The SMILES string of the molecule is O=C1CS[C@@H](c2cccc(NS(=O)(=O)c3ccc(Cl)cc3)c2)N1. The molecule has 1 aliphatic heterocycles. The molecule has 0 spiro atoms. The maximum Gasteiger partial charge on any atom is 0.261 e. The lowest BCUT2D eigenvalue weighted by Crippen LogP contribution is -2.19. The first-order valence-corrected chi connectivity index (χ1v) is 9.64. The van der Waals surface area contributed by atoms with Crippen LogP contribution in [0.3, 0.4) is 0 Å². The molecule has 1 aliphatic rings. The number of rotatable bonds is 4. The van der Waals surface area contributed by atoms with Gasteiger partial charge in [0, 0.05) is 10.7 Å². The van der Waals surface area contributed by atoms with Gasteiger partial charge in [0.15, 0.2) is 0 Å². The molecule has 0 radical (unpaired) electrons. The van der Waals surface area contributed by atoms with E-state index >= 15 is 0 Å². The van der Waals surface area contributed by atoms with Crippen LogP contribution in [0.25, 0.3) is 0 Å². The molecule has 120 valence electrons. The summed E-state index contributed by atoms with van der Waals surface area (Å²) >= 11 is 7.25.